The number of carbonyl (C=O) groups is 1. The van der Waals surface area contributed by atoms with E-state index in [1.165, 1.54) is 16.2 Å². The van der Waals surface area contributed by atoms with Crippen LogP contribution >= 0.6 is 23.1 Å². The van der Waals surface area contributed by atoms with Gasteiger partial charge in [0.1, 0.15) is 5.69 Å². The number of benzene rings is 2. The largest absolute Gasteiger partial charge is 0.493 e. The highest BCUT2D eigenvalue weighted by Gasteiger charge is 2.14. The average molecular weight is 411 g/mol. The van der Waals surface area contributed by atoms with Gasteiger partial charge in [0.25, 0.3) is 0 Å². The van der Waals surface area contributed by atoms with Crippen molar-refractivity contribution < 1.29 is 13.9 Å². The number of ether oxygens (including phenoxy) is 1. The molecule has 0 atom stereocenters. The van der Waals surface area contributed by atoms with Crippen molar-refractivity contribution in [2.24, 2.45) is 0 Å². The molecule has 4 rings (SSSR count). The zero-order valence-corrected chi connectivity index (χ0v) is 17.0. The fourth-order valence-corrected chi connectivity index (χ4v) is 3.98. The first-order valence-electron chi connectivity index (χ1n) is 8.61. The highest BCUT2D eigenvalue weighted by Crippen LogP contribution is 2.34. The van der Waals surface area contributed by atoms with Crippen LogP contribution in [0.2, 0.25) is 0 Å². The smallest absolute Gasteiger partial charge is 0.230 e. The number of nitrogens with one attached hydrogen (secondary N) is 1. The van der Waals surface area contributed by atoms with Gasteiger partial charge in [-0.15, -0.1) is 23.1 Å². The Kier molecular flexibility index (Phi) is 5.36. The van der Waals surface area contributed by atoms with Crippen molar-refractivity contribution in [3.8, 4) is 17.2 Å². The zero-order valence-electron chi connectivity index (χ0n) is 15.4. The number of rotatable bonds is 6. The van der Waals surface area contributed by atoms with Crippen molar-refractivity contribution in [2.75, 3.05) is 18.7 Å². The number of para-hydroxylation sites is 1. The van der Waals surface area contributed by atoms with Crippen molar-refractivity contribution >= 4 is 45.1 Å². The monoisotopic (exact) mass is 410 g/mol. The van der Waals surface area contributed by atoms with Crippen molar-refractivity contribution in [3.63, 3.8) is 0 Å². The molecule has 1 N–H and O–H groups in total. The molecule has 0 aliphatic heterocycles. The molecular formula is C21H18N2O3S2. The first-order chi connectivity index (χ1) is 13.7. The van der Waals surface area contributed by atoms with Crippen LogP contribution in [0.4, 0.5) is 5.13 Å². The van der Waals surface area contributed by atoms with E-state index >= 15 is 0 Å². The van der Waals surface area contributed by atoms with Crippen LogP contribution in [0.15, 0.2) is 63.2 Å². The predicted octanol–water partition coefficient (Wildman–Crippen LogP) is 5.47. The van der Waals surface area contributed by atoms with Crippen LogP contribution in [0.5, 0.6) is 5.75 Å². The van der Waals surface area contributed by atoms with Gasteiger partial charge in [0, 0.05) is 15.7 Å². The number of fused-ring (bicyclic) bond motifs is 1. The van der Waals surface area contributed by atoms with Gasteiger partial charge in [0.2, 0.25) is 5.91 Å². The summed E-state index contributed by atoms with van der Waals surface area (Å²) >= 11 is 3.05. The molecule has 5 nitrogen and oxygen atoms in total. The maximum Gasteiger partial charge on any atom is 0.230 e. The Morgan fingerprint density at radius 3 is 2.82 bits per heavy atom. The first kappa shape index (κ1) is 18.6. The Morgan fingerprint density at radius 2 is 2.07 bits per heavy atom. The lowest BCUT2D eigenvalue weighted by molar-refractivity contribution is -0.115. The summed E-state index contributed by atoms with van der Waals surface area (Å²) in [6.45, 7) is 0. The van der Waals surface area contributed by atoms with Crippen molar-refractivity contribution in [1.29, 1.82) is 0 Å². The Balaban J connectivity index is 1.47. The molecule has 0 spiro atoms. The van der Waals surface area contributed by atoms with Gasteiger partial charge < -0.3 is 14.5 Å². The Morgan fingerprint density at radius 1 is 1.25 bits per heavy atom. The van der Waals surface area contributed by atoms with Crippen LogP contribution in [-0.4, -0.2) is 24.3 Å². The number of nitrogens with zero attached hydrogens (tertiary/aromatic N) is 1. The van der Waals surface area contributed by atoms with E-state index in [4.69, 9.17) is 9.15 Å². The third-order valence-corrected chi connectivity index (χ3v) is 5.76. The summed E-state index contributed by atoms with van der Waals surface area (Å²) < 4.78 is 11.3. The van der Waals surface area contributed by atoms with Crippen LogP contribution in [0.25, 0.3) is 22.4 Å². The molecule has 142 valence electrons. The van der Waals surface area contributed by atoms with Crippen LogP contribution in [0.1, 0.15) is 5.56 Å². The van der Waals surface area contributed by atoms with E-state index in [0.717, 1.165) is 10.9 Å². The molecule has 0 unspecified atom stereocenters. The molecule has 0 fully saturated rings. The molecular weight excluding hydrogens is 392 g/mol. The maximum atomic E-state index is 12.3. The quantitative estimate of drug-likeness (QED) is 0.427. The molecule has 1 amide bonds. The van der Waals surface area contributed by atoms with E-state index in [2.05, 4.69) is 10.3 Å². The standard InChI is InChI=1S/C21H18N2O3S2/c1-25-17-5-3-4-14-11-18(26-20(14)17)16-12-28-21(22-16)23-19(24)10-13-6-8-15(27-2)9-7-13/h3-9,11-12H,10H2,1-2H3,(H,22,23,24). The van der Waals surface area contributed by atoms with Crippen LogP contribution < -0.4 is 10.1 Å². The number of aromatic nitrogens is 1. The zero-order chi connectivity index (χ0) is 19.5. The molecule has 0 saturated carbocycles. The summed E-state index contributed by atoms with van der Waals surface area (Å²) in [6.07, 6.45) is 2.34. The number of carbonyl (C=O) groups excluding carboxylic acids is 1. The number of methoxy groups -OCH3 is 1. The molecule has 0 aliphatic carbocycles. The minimum Gasteiger partial charge on any atom is -0.493 e. The van der Waals surface area contributed by atoms with E-state index in [1.807, 2.05) is 60.2 Å². The second kappa shape index (κ2) is 8.08. The van der Waals surface area contributed by atoms with E-state index in [0.29, 0.717) is 34.3 Å². The topological polar surface area (TPSA) is 64.4 Å². The Hall–Kier alpha value is -2.77. The fourth-order valence-electron chi connectivity index (χ4n) is 2.86. The van der Waals surface area contributed by atoms with Gasteiger partial charge in [-0.3, -0.25) is 4.79 Å². The highest BCUT2D eigenvalue weighted by atomic mass is 32.2. The number of thiazole rings is 1. The van der Waals surface area contributed by atoms with Gasteiger partial charge in [0.15, 0.2) is 22.2 Å². The summed E-state index contributed by atoms with van der Waals surface area (Å²) in [6, 6.07) is 15.6. The number of hydrogen-bond donors (Lipinski definition) is 1. The summed E-state index contributed by atoms with van der Waals surface area (Å²) in [7, 11) is 1.61. The molecule has 0 saturated heterocycles. The Bertz CT molecular complexity index is 1120. The number of hydrogen-bond acceptors (Lipinski definition) is 6. The SMILES string of the molecule is COc1cccc2cc(-c3csc(NC(=O)Cc4ccc(SC)cc4)n3)oc12. The molecule has 2 heterocycles. The lowest BCUT2D eigenvalue weighted by Gasteiger charge is -2.03. The lowest BCUT2D eigenvalue weighted by Crippen LogP contribution is -2.14. The second-order valence-electron chi connectivity index (χ2n) is 6.10. The molecule has 0 aliphatic rings. The number of thioether (sulfide) groups is 1. The van der Waals surface area contributed by atoms with Gasteiger partial charge in [-0.25, -0.2) is 4.98 Å². The van der Waals surface area contributed by atoms with Gasteiger partial charge in [0.05, 0.1) is 13.5 Å². The van der Waals surface area contributed by atoms with Crippen LogP contribution in [0, 0.1) is 0 Å². The van der Waals surface area contributed by atoms with Gasteiger partial charge >= 0.3 is 0 Å². The number of furan rings is 1. The van der Waals surface area contributed by atoms with Crippen molar-refractivity contribution in [1.82, 2.24) is 4.98 Å². The third kappa shape index (κ3) is 3.90. The molecule has 0 bridgehead atoms. The third-order valence-electron chi connectivity index (χ3n) is 4.25. The summed E-state index contributed by atoms with van der Waals surface area (Å²) in [5.41, 5.74) is 2.34. The minimum atomic E-state index is -0.0934. The Labute approximate surface area is 170 Å². The van der Waals surface area contributed by atoms with Gasteiger partial charge in [-0.05, 0) is 36.1 Å². The van der Waals surface area contributed by atoms with Crippen LogP contribution in [0.3, 0.4) is 0 Å². The summed E-state index contributed by atoms with van der Waals surface area (Å²) in [5.74, 6) is 1.23. The number of anilines is 1. The molecule has 2 aromatic heterocycles. The fraction of sp³-hybridized carbons (Fsp3) is 0.143. The van der Waals surface area contributed by atoms with E-state index < -0.39 is 0 Å². The summed E-state index contributed by atoms with van der Waals surface area (Å²) in [5, 5.41) is 6.23. The van der Waals surface area contributed by atoms with Gasteiger partial charge in [-0.2, -0.15) is 0 Å². The highest BCUT2D eigenvalue weighted by molar-refractivity contribution is 7.98. The molecule has 2 aromatic carbocycles. The normalized spacial score (nSPS) is 10.9. The van der Waals surface area contributed by atoms with Gasteiger partial charge in [-0.1, -0.05) is 24.3 Å². The van der Waals surface area contributed by atoms with Crippen molar-refractivity contribution in [2.45, 2.75) is 11.3 Å². The lowest BCUT2D eigenvalue weighted by atomic mass is 10.1. The first-order valence-corrected chi connectivity index (χ1v) is 10.7. The molecule has 7 heteroatoms. The summed E-state index contributed by atoms with van der Waals surface area (Å²) in [4.78, 5) is 18.0. The van der Waals surface area contributed by atoms with E-state index in [9.17, 15) is 4.79 Å². The maximum absolute atomic E-state index is 12.3. The minimum absolute atomic E-state index is 0.0934. The molecule has 0 radical (unpaired) electrons. The predicted molar refractivity (Wildman–Crippen MR) is 114 cm³/mol. The van der Waals surface area contributed by atoms with E-state index in [-0.39, 0.29) is 5.91 Å². The number of amides is 1. The molecule has 4 aromatic rings. The average Bonchev–Trinajstić information content (AvgIpc) is 3.34. The van der Waals surface area contributed by atoms with Crippen LogP contribution in [-0.2, 0) is 11.2 Å². The van der Waals surface area contributed by atoms with Crippen molar-refractivity contribution in [3.05, 3.63) is 59.5 Å². The van der Waals surface area contributed by atoms with E-state index in [1.54, 1.807) is 18.9 Å². The molecule has 28 heavy (non-hydrogen) atoms. The second-order valence-corrected chi connectivity index (χ2v) is 7.84.